The summed E-state index contributed by atoms with van der Waals surface area (Å²) in [6.45, 7) is 7.78. The molecule has 1 amide bonds. The Labute approximate surface area is 130 Å². The fraction of sp³-hybridized carbons (Fsp3) is 0.533. The van der Waals surface area contributed by atoms with Crippen LogP contribution in [-0.2, 0) is 4.79 Å². The van der Waals surface area contributed by atoms with Crippen LogP contribution in [0, 0.1) is 0 Å². The van der Waals surface area contributed by atoms with Gasteiger partial charge in [0.25, 0.3) is 0 Å². The molecule has 1 aliphatic heterocycles. The van der Waals surface area contributed by atoms with Gasteiger partial charge in [-0.05, 0) is 32.0 Å². The van der Waals surface area contributed by atoms with Gasteiger partial charge in [-0.2, -0.15) is 0 Å². The van der Waals surface area contributed by atoms with Gasteiger partial charge in [0.05, 0.1) is 11.9 Å². The quantitative estimate of drug-likeness (QED) is 0.638. The van der Waals surface area contributed by atoms with E-state index in [0.717, 1.165) is 36.8 Å². The molecule has 6 heteroatoms. The molecule has 0 bridgehead atoms. The van der Waals surface area contributed by atoms with Gasteiger partial charge in [-0.1, -0.05) is 0 Å². The molecule has 2 rings (SSSR count). The molecule has 0 saturated carbocycles. The Morgan fingerprint density at radius 3 is 2.86 bits per heavy atom. The van der Waals surface area contributed by atoms with Crippen LogP contribution in [0.4, 0.5) is 5.69 Å². The normalized spacial score (nSPS) is 16.6. The molecule has 1 atom stereocenters. The molecule has 1 unspecified atom stereocenters. The van der Waals surface area contributed by atoms with Gasteiger partial charge in [0.2, 0.25) is 5.91 Å². The number of ether oxygens (including phenoxy) is 1. The van der Waals surface area contributed by atoms with Crippen LogP contribution >= 0.6 is 11.8 Å². The summed E-state index contributed by atoms with van der Waals surface area (Å²) in [4.78, 5) is 15.2. The van der Waals surface area contributed by atoms with Crippen molar-refractivity contribution < 1.29 is 9.53 Å². The molecule has 1 aromatic rings. The zero-order valence-corrected chi connectivity index (χ0v) is 13.4. The van der Waals surface area contributed by atoms with Gasteiger partial charge in [-0.3, -0.25) is 4.79 Å². The molecule has 1 fully saturated rings. The van der Waals surface area contributed by atoms with Crippen molar-refractivity contribution in [2.75, 3.05) is 38.5 Å². The van der Waals surface area contributed by atoms with E-state index in [0.29, 0.717) is 12.3 Å². The van der Waals surface area contributed by atoms with Crippen molar-refractivity contribution in [3.63, 3.8) is 0 Å². The predicted molar refractivity (Wildman–Crippen MR) is 86.8 cm³/mol. The lowest BCUT2D eigenvalue weighted by atomic mass is 10.3. The van der Waals surface area contributed by atoms with E-state index in [-0.39, 0.29) is 11.2 Å². The van der Waals surface area contributed by atoms with Crippen LogP contribution < -0.4 is 15.8 Å². The fourth-order valence-electron chi connectivity index (χ4n) is 2.26. The number of carbonyl (C=O) groups excluding carboxylic acids is 1. The Morgan fingerprint density at radius 1 is 1.48 bits per heavy atom. The number of hydrogen-bond acceptors (Lipinski definition) is 5. The van der Waals surface area contributed by atoms with E-state index in [4.69, 9.17) is 10.5 Å². The van der Waals surface area contributed by atoms with E-state index in [2.05, 4.69) is 5.32 Å². The molecule has 1 aliphatic rings. The second kappa shape index (κ2) is 7.56. The average Bonchev–Trinajstić information content (AvgIpc) is 2.51. The highest BCUT2D eigenvalue weighted by molar-refractivity contribution is 8.00. The molecule has 5 nitrogen and oxygen atoms in total. The molecule has 1 aromatic carbocycles. The molecule has 1 saturated heterocycles. The highest BCUT2D eigenvalue weighted by atomic mass is 32.2. The molecule has 1 heterocycles. The van der Waals surface area contributed by atoms with Crippen molar-refractivity contribution in [2.45, 2.75) is 24.0 Å². The number of benzene rings is 1. The third-order valence-electron chi connectivity index (χ3n) is 3.38. The van der Waals surface area contributed by atoms with Gasteiger partial charge in [-0.15, -0.1) is 11.8 Å². The summed E-state index contributed by atoms with van der Waals surface area (Å²) in [5.74, 6) is 0.957. The first-order valence-corrected chi connectivity index (χ1v) is 8.18. The fourth-order valence-corrected chi connectivity index (χ4v) is 3.28. The second-order valence-electron chi connectivity index (χ2n) is 4.97. The SMILES string of the molecule is CCOc1ccc(N)c(SC(C)C(=O)N2CCNCC2)c1. The minimum absolute atomic E-state index is 0.151. The molecule has 0 aliphatic carbocycles. The largest absolute Gasteiger partial charge is 0.494 e. The lowest BCUT2D eigenvalue weighted by Crippen LogP contribution is -2.48. The van der Waals surface area contributed by atoms with E-state index < -0.39 is 0 Å². The Balaban J connectivity index is 2.02. The van der Waals surface area contributed by atoms with Gasteiger partial charge < -0.3 is 20.7 Å². The summed E-state index contributed by atoms with van der Waals surface area (Å²) in [5, 5.41) is 3.10. The van der Waals surface area contributed by atoms with Crippen LogP contribution in [0.25, 0.3) is 0 Å². The third-order valence-corrected chi connectivity index (χ3v) is 4.54. The van der Waals surface area contributed by atoms with Crippen molar-refractivity contribution in [3.8, 4) is 5.75 Å². The van der Waals surface area contributed by atoms with Crippen molar-refractivity contribution in [3.05, 3.63) is 18.2 Å². The van der Waals surface area contributed by atoms with E-state index in [1.165, 1.54) is 11.8 Å². The Bertz CT molecular complexity index is 490. The van der Waals surface area contributed by atoms with Crippen LogP contribution in [0.2, 0.25) is 0 Å². The lowest BCUT2D eigenvalue weighted by Gasteiger charge is -2.29. The van der Waals surface area contributed by atoms with Crippen LogP contribution in [0.5, 0.6) is 5.75 Å². The summed E-state index contributed by atoms with van der Waals surface area (Å²) >= 11 is 1.50. The summed E-state index contributed by atoms with van der Waals surface area (Å²) in [5.41, 5.74) is 6.68. The first-order chi connectivity index (χ1) is 10.1. The molecule has 3 N–H and O–H groups in total. The number of piperazine rings is 1. The number of thioether (sulfide) groups is 1. The zero-order valence-electron chi connectivity index (χ0n) is 12.6. The van der Waals surface area contributed by atoms with Crippen LogP contribution in [0.3, 0.4) is 0 Å². The van der Waals surface area contributed by atoms with Crippen molar-refractivity contribution in [1.29, 1.82) is 0 Å². The number of nitrogens with one attached hydrogen (secondary N) is 1. The second-order valence-corrected chi connectivity index (χ2v) is 6.35. The number of hydrogen-bond donors (Lipinski definition) is 2. The summed E-state index contributed by atoms with van der Waals surface area (Å²) in [6.07, 6.45) is 0. The Kier molecular flexibility index (Phi) is 5.76. The highest BCUT2D eigenvalue weighted by Crippen LogP contribution is 2.32. The number of nitrogen functional groups attached to an aromatic ring is 1. The van der Waals surface area contributed by atoms with E-state index in [1.807, 2.05) is 36.9 Å². The molecular formula is C15H23N3O2S. The van der Waals surface area contributed by atoms with Crippen molar-refractivity contribution in [1.82, 2.24) is 10.2 Å². The highest BCUT2D eigenvalue weighted by Gasteiger charge is 2.23. The average molecular weight is 309 g/mol. The monoisotopic (exact) mass is 309 g/mol. The standard InChI is InChI=1S/C15H23N3O2S/c1-3-20-12-4-5-13(16)14(10-12)21-11(2)15(19)18-8-6-17-7-9-18/h4-5,10-11,17H,3,6-9,16H2,1-2H3. The maximum atomic E-state index is 12.4. The molecule has 0 radical (unpaired) electrons. The third kappa shape index (κ3) is 4.28. The Morgan fingerprint density at radius 2 is 2.19 bits per heavy atom. The van der Waals surface area contributed by atoms with Gasteiger partial charge in [0.1, 0.15) is 5.75 Å². The summed E-state index contributed by atoms with van der Waals surface area (Å²) in [7, 11) is 0. The first-order valence-electron chi connectivity index (χ1n) is 7.30. The topological polar surface area (TPSA) is 67.6 Å². The number of amides is 1. The van der Waals surface area contributed by atoms with Crippen molar-refractivity contribution >= 4 is 23.4 Å². The number of nitrogens with two attached hydrogens (primary N) is 1. The lowest BCUT2D eigenvalue weighted by molar-refractivity contribution is -0.130. The molecule has 0 aromatic heterocycles. The Hall–Kier alpha value is -1.40. The molecule has 0 spiro atoms. The number of carbonyl (C=O) groups is 1. The number of nitrogens with zero attached hydrogens (tertiary/aromatic N) is 1. The predicted octanol–water partition coefficient (Wildman–Crippen LogP) is 1.58. The minimum atomic E-state index is -0.151. The van der Waals surface area contributed by atoms with E-state index >= 15 is 0 Å². The number of rotatable bonds is 5. The van der Waals surface area contributed by atoms with Gasteiger partial charge in [0.15, 0.2) is 0 Å². The molecule has 21 heavy (non-hydrogen) atoms. The van der Waals surface area contributed by atoms with Gasteiger partial charge >= 0.3 is 0 Å². The minimum Gasteiger partial charge on any atom is -0.494 e. The van der Waals surface area contributed by atoms with E-state index in [9.17, 15) is 4.79 Å². The van der Waals surface area contributed by atoms with Crippen LogP contribution in [-0.4, -0.2) is 48.8 Å². The molecule has 116 valence electrons. The molecular weight excluding hydrogens is 286 g/mol. The zero-order chi connectivity index (χ0) is 15.2. The summed E-state index contributed by atoms with van der Waals surface area (Å²) < 4.78 is 5.49. The maximum absolute atomic E-state index is 12.4. The van der Waals surface area contributed by atoms with Crippen LogP contribution in [0.1, 0.15) is 13.8 Å². The first kappa shape index (κ1) is 16.0. The van der Waals surface area contributed by atoms with E-state index in [1.54, 1.807) is 0 Å². The smallest absolute Gasteiger partial charge is 0.235 e. The van der Waals surface area contributed by atoms with Gasteiger partial charge in [-0.25, -0.2) is 0 Å². The van der Waals surface area contributed by atoms with Crippen molar-refractivity contribution in [2.24, 2.45) is 0 Å². The number of anilines is 1. The van der Waals surface area contributed by atoms with Crippen LogP contribution in [0.15, 0.2) is 23.1 Å². The maximum Gasteiger partial charge on any atom is 0.235 e. The van der Waals surface area contributed by atoms with Gasteiger partial charge in [0, 0.05) is 36.8 Å². The summed E-state index contributed by atoms with van der Waals surface area (Å²) in [6, 6.07) is 5.59.